The Kier molecular flexibility index (Phi) is 4.94. The van der Waals surface area contributed by atoms with Gasteiger partial charge in [0.15, 0.2) is 0 Å². The molecule has 1 amide bonds. The molecule has 2 rings (SSSR count). The average molecular weight is 299 g/mol. The molecule has 0 aromatic heterocycles. The minimum atomic E-state index is -0.525. The van der Waals surface area contributed by atoms with Crippen molar-refractivity contribution in [2.75, 3.05) is 32.1 Å². The number of carbonyl (C=O) groups is 2. The van der Waals surface area contributed by atoms with Gasteiger partial charge in [0, 0.05) is 18.8 Å². The van der Waals surface area contributed by atoms with E-state index in [1.807, 2.05) is 0 Å². The summed E-state index contributed by atoms with van der Waals surface area (Å²) in [5.41, 5.74) is 0.754. The van der Waals surface area contributed by atoms with E-state index >= 15 is 0 Å². The van der Waals surface area contributed by atoms with E-state index in [9.17, 15) is 9.59 Å². The quantitative estimate of drug-likeness (QED) is 0.816. The number of esters is 1. The van der Waals surface area contributed by atoms with Gasteiger partial charge in [0.05, 0.1) is 24.3 Å². The Morgan fingerprint density at radius 2 is 2.30 bits per heavy atom. The predicted molar refractivity (Wildman–Crippen MR) is 74.0 cm³/mol. The normalized spacial score (nSPS) is 18.4. The van der Waals surface area contributed by atoms with Crippen LogP contribution in [0.5, 0.6) is 0 Å². The van der Waals surface area contributed by atoms with Crippen molar-refractivity contribution in [1.82, 2.24) is 5.32 Å². The van der Waals surface area contributed by atoms with E-state index in [1.54, 1.807) is 6.07 Å². The maximum absolute atomic E-state index is 11.9. The monoisotopic (exact) mass is 298 g/mol. The number of carbonyl (C=O) groups excluding carboxylic acids is 2. The largest absolute Gasteiger partial charge is 0.465 e. The molecule has 1 aromatic rings. The van der Waals surface area contributed by atoms with E-state index in [0.717, 1.165) is 6.54 Å². The molecule has 0 saturated carbocycles. The molecule has 6 nitrogen and oxygen atoms in total. The van der Waals surface area contributed by atoms with Crippen molar-refractivity contribution in [3.05, 3.63) is 28.8 Å². The number of methoxy groups -OCH3 is 1. The molecular formula is C13H15ClN2O4. The van der Waals surface area contributed by atoms with Crippen molar-refractivity contribution < 1.29 is 19.1 Å². The molecule has 1 heterocycles. The van der Waals surface area contributed by atoms with Crippen LogP contribution in [0.3, 0.4) is 0 Å². The molecule has 0 spiro atoms. The third kappa shape index (κ3) is 3.47. The highest BCUT2D eigenvalue weighted by atomic mass is 35.5. The Hall–Kier alpha value is -1.63. The number of amides is 1. The third-order valence-corrected chi connectivity index (χ3v) is 3.17. The van der Waals surface area contributed by atoms with Crippen LogP contribution in [0.15, 0.2) is 18.2 Å². The predicted octanol–water partition coefficient (Wildman–Crippen LogP) is 1.05. The zero-order valence-electron chi connectivity index (χ0n) is 10.9. The van der Waals surface area contributed by atoms with Crippen LogP contribution in [0, 0.1) is 0 Å². The van der Waals surface area contributed by atoms with Gasteiger partial charge in [-0.25, -0.2) is 4.79 Å². The first kappa shape index (κ1) is 14.8. The number of ether oxygens (including phenoxy) is 2. The molecule has 1 aliphatic rings. The number of morpholine rings is 1. The summed E-state index contributed by atoms with van der Waals surface area (Å²) in [6, 6.07) is 4.60. The first-order valence-electron chi connectivity index (χ1n) is 6.13. The zero-order valence-corrected chi connectivity index (χ0v) is 11.7. The van der Waals surface area contributed by atoms with Crippen LogP contribution in [0.2, 0.25) is 5.02 Å². The maximum atomic E-state index is 11.9. The molecule has 0 bridgehead atoms. The summed E-state index contributed by atoms with van der Waals surface area (Å²) in [6.45, 7) is 1.71. The molecule has 0 unspecified atom stereocenters. The lowest BCUT2D eigenvalue weighted by molar-refractivity contribution is -0.128. The molecular weight excluding hydrogens is 284 g/mol. The van der Waals surface area contributed by atoms with E-state index in [-0.39, 0.29) is 16.5 Å². The molecule has 0 aliphatic carbocycles. The highest BCUT2D eigenvalue weighted by Gasteiger charge is 2.22. The van der Waals surface area contributed by atoms with Gasteiger partial charge in [-0.15, -0.1) is 0 Å². The van der Waals surface area contributed by atoms with Crippen molar-refractivity contribution in [3.8, 4) is 0 Å². The third-order valence-electron chi connectivity index (χ3n) is 2.86. The van der Waals surface area contributed by atoms with Gasteiger partial charge in [-0.1, -0.05) is 11.6 Å². The number of anilines is 1. The molecule has 1 saturated heterocycles. The summed E-state index contributed by atoms with van der Waals surface area (Å²) in [5, 5.41) is 5.99. The lowest BCUT2D eigenvalue weighted by Gasteiger charge is -2.22. The Balaban J connectivity index is 2.04. The van der Waals surface area contributed by atoms with Crippen molar-refractivity contribution >= 4 is 29.2 Å². The van der Waals surface area contributed by atoms with Crippen LogP contribution >= 0.6 is 11.6 Å². The number of halogens is 1. The molecule has 1 aliphatic heterocycles. The molecule has 108 valence electrons. The minimum absolute atomic E-state index is 0.220. The Labute approximate surface area is 121 Å². The van der Waals surface area contributed by atoms with Crippen LogP contribution in [0.4, 0.5) is 5.69 Å². The molecule has 20 heavy (non-hydrogen) atoms. The highest BCUT2D eigenvalue weighted by molar-refractivity contribution is 6.34. The molecule has 0 radical (unpaired) electrons. The van der Waals surface area contributed by atoms with Gasteiger partial charge in [-0.05, 0) is 18.2 Å². The Morgan fingerprint density at radius 3 is 2.90 bits per heavy atom. The number of rotatable bonds is 3. The average Bonchev–Trinajstić information content (AvgIpc) is 2.47. The number of hydrogen-bond donors (Lipinski definition) is 2. The lowest BCUT2D eigenvalue weighted by Crippen LogP contribution is -2.45. The number of hydrogen-bond acceptors (Lipinski definition) is 5. The van der Waals surface area contributed by atoms with E-state index in [0.29, 0.717) is 18.8 Å². The van der Waals surface area contributed by atoms with E-state index < -0.39 is 12.1 Å². The second kappa shape index (κ2) is 6.69. The fourth-order valence-electron chi connectivity index (χ4n) is 1.82. The SMILES string of the molecule is COC(=O)c1ccc(NC(=O)[C@H]2CNCCO2)cc1Cl. The molecule has 1 fully saturated rings. The Morgan fingerprint density at radius 1 is 1.50 bits per heavy atom. The second-order valence-electron chi connectivity index (χ2n) is 4.24. The molecule has 1 aromatic carbocycles. The summed E-state index contributed by atoms with van der Waals surface area (Å²) in [6.07, 6.45) is -0.525. The van der Waals surface area contributed by atoms with Gasteiger partial charge in [0.1, 0.15) is 6.10 Å². The first-order chi connectivity index (χ1) is 9.61. The summed E-state index contributed by atoms with van der Waals surface area (Å²) in [5.74, 6) is -0.772. The molecule has 2 N–H and O–H groups in total. The maximum Gasteiger partial charge on any atom is 0.339 e. The fraction of sp³-hybridized carbons (Fsp3) is 0.385. The van der Waals surface area contributed by atoms with E-state index in [1.165, 1.54) is 19.2 Å². The smallest absolute Gasteiger partial charge is 0.339 e. The highest BCUT2D eigenvalue weighted by Crippen LogP contribution is 2.22. The van der Waals surface area contributed by atoms with Crippen LogP contribution in [0.1, 0.15) is 10.4 Å². The number of benzene rings is 1. The standard InChI is InChI=1S/C13H15ClN2O4/c1-19-13(18)9-3-2-8(6-10(9)14)16-12(17)11-7-15-4-5-20-11/h2-3,6,11,15H,4-5,7H2,1H3,(H,16,17)/t11-/m1/s1. The lowest BCUT2D eigenvalue weighted by atomic mass is 10.2. The van der Waals surface area contributed by atoms with Crippen molar-refractivity contribution in [2.45, 2.75) is 6.10 Å². The van der Waals surface area contributed by atoms with Crippen LogP contribution < -0.4 is 10.6 Å². The van der Waals surface area contributed by atoms with Gasteiger partial charge in [0.2, 0.25) is 0 Å². The van der Waals surface area contributed by atoms with Gasteiger partial charge in [-0.2, -0.15) is 0 Å². The van der Waals surface area contributed by atoms with Crippen LogP contribution in [-0.2, 0) is 14.3 Å². The summed E-state index contributed by atoms with van der Waals surface area (Å²) >= 11 is 5.98. The van der Waals surface area contributed by atoms with Crippen LogP contribution in [0.25, 0.3) is 0 Å². The zero-order chi connectivity index (χ0) is 14.5. The minimum Gasteiger partial charge on any atom is -0.465 e. The van der Waals surface area contributed by atoms with Gasteiger partial charge >= 0.3 is 5.97 Å². The van der Waals surface area contributed by atoms with Crippen molar-refractivity contribution in [2.24, 2.45) is 0 Å². The van der Waals surface area contributed by atoms with Gasteiger partial charge in [0.25, 0.3) is 5.91 Å². The van der Waals surface area contributed by atoms with Crippen molar-refractivity contribution in [1.29, 1.82) is 0 Å². The first-order valence-corrected chi connectivity index (χ1v) is 6.50. The van der Waals surface area contributed by atoms with Crippen molar-refractivity contribution in [3.63, 3.8) is 0 Å². The summed E-state index contributed by atoms with van der Waals surface area (Å²) < 4.78 is 9.93. The molecule has 7 heteroatoms. The topological polar surface area (TPSA) is 76.7 Å². The van der Waals surface area contributed by atoms with Gasteiger partial charge in [-0.3, -0.25) is 4.79 Å². The summed E-state index contributed by atoms with van der Waals surface area (Å²) in [7, 11) is 1.28. The van der Waals surface area contributed by atoms with Crippen LogP contribution in [-0.4, -0.2) is 44.8 Å². The molecule has 1 atom stereocenters. The summed E-state index contributed by atoms with van der Waals surface area (Å²) in [4.78, 5) is 23.3. The second-order valence-corrected chi connectivity index (χ2v) is 4.65. The van der Waals surface area contributed by atoms with E-state index in [4.69, 9.17) is 16.3 Å². The fourth-order valence-corrected chi connectivity index (χ4v) is 2.08. The van der Waals surface area contributed by atoms with E-state index in [2.05, 4.69) is 15.4 Å². The Bertz CT molecular complexity index is 515. The van der Waals surface area contributed by atoms with Gasteiger partial charge < -0.3 is 20.1 Å². The number of nitrogens with one attached hydrogen (secondary N) is 2.